The quantitative estimate of drug-likeness (QED) is 0.747. The largest absolute Gasteiger partial charge is 0.486 e. The molecule has 0 fully saturated rings. The lowest BCUT2D eigenvalue weighted by atomic mass is 9.98. The van der Waals surface area contributed by atoms with E-state index >= 15 is 0 Å². The Morgan fingerprint density at radius 1 is 0.931 bits per heavy atom. The molecule has 0 saturated heterocycles. The van der Waals surface area contributed by atoms with Crippen LogP contribution in [-0.2, 0) is 17.8 Å². The molecule has 29 heavy (non-hydrogen) atoms. The molecule has 7 nitrogen and oxygen atoms in total. The number of carbonyl (C=O) groups excluding carboxylic acids is 3. The first-order valence-electron chi connectivity index (χ1n) is 9.76. The highest BCUT2D eigenvalue weighted by Gasteiger charge is 2.35. The number of imide groups is 1. The molecule has 3 aliphatic heterocycles. The molecule has 2 aromatic rings. The highest BCUT2D eigenvalue weighted by atomic mass is 16.6. The topological polar surface area (TPSA) is 76.2 Å². The standard InChI is InChI=1S/C22H20N2O5/c25-20(6-8-24-21(26)16-3-1-2-4-17(16)22(24)27)23-7-5-14-11-18-19(12-15(14)13-23)29-10-9-28-18/h1-4,11-12H,5-10,13H2. The van der Waals surface area contributed by atoms with E-state index in [0.717, 1.165) is 23.5 Å². The van der Waals surface area contributed by atoms with Crippen LogP contribution >= 0.6 is 0 Å². The van der Waals surface area contributed by atoms with Crippen LogP contribution in [0, 0.1) is 0 Å². The zero-order valence-electron chi connectivity index (χ0n) is 15.8. The third kappa shape index (κ3) is 3.03. The molecule has 5 rings (SSSR count). The number of nitrogens with zero attached hydrogens (tertiary/aromatic N) is 2. The zero-order chi connectivity index (χ0) is 20.0. The molecule has 0 radical (unpaired) electrons. The van der Waals surface area contributed by atoms with Crippen molar-refractivity contribution in [3.63, 3.8) is 0 Å². The van der Waals surface area contributed by atoms with Crippen LogP contribution in [0.5, 0.6) is 11.5 Å². The van der Waals surface area contributed by atoms with Gasteiger partial charge in [-0.1, -0.05) is 12.1 Å². The van der Waals surface area contributed by atoms with Gasteiger partial charge in [0.05, 0.1) is 11.1 Å². The van der Waals surface area contributed by atoms with Crippen molar-refractivity contribution in [2.45, 2.75) is 19.4 Å². The molecule has 7 heteroatoms. The molecule has 0 spiro atoms. The highest BCUT2D eigenvalue weighted by Crippen LogP contribution is 2.35. The second kappa shape index (κ2) is 6.92. The van der Waals surface area contributed by atoms with Gasteiger partial charge in [-0.2, -0.15) is 0 Å². The van der Waals surface area contributed by atoms with Crippen LogP contribution in [0.1, 0.15) is 38.3 Å². The van der Waals surface area contributed by atoms with Gasteiger partial charge < -0.3 is 14.4 Å². The third-order valence-electron chi connectivity index (χ3n) is 5.66. The molecular formula is C22H20N2O5. The lowest BCUT2D eigenvalue weighted by Crippen LogP contribution is -2.39. The summed E-state index contributed by atoms with van der Waals surface area (Å²) in [4.78, 5) is 40.6. The van der Waals surface area contributed by atoms with Gasteiger partial charge in [-0.25, -0.2) is 0 Å². The first-order valence-corrected chi connectivity index (χ1v) is 9.76. The zero-order valence-corrected chi connectivity index (χ0v) is 15.8. The number of amides is 3. The van der Waals surface area contributed by atoms with Crippen molar-refractivity contribution in [3.05, 3.63) is 58.7 Å². The molecule has 0 aliphatic carbocycles. The first kappa shape index (κ1) is 17.7. The smallest absolute Gasteiger partial charge is 0.261 e. The molecule has 0 atom stereocenters. The lowest BCUT2D eigenvalue weighted by molar-refractivity contribution is -0.132. The number of fused-ring (bicyclic) bond motifs is 3. The Bertz CT molecular complexity index is 997. The van der Waals surface area contributed by atoms with Crippen LogP contribution in [0.3, 0.4) is 0 Å². The Kier molecular flexibility index (Phi) is 4.23. The van der Waals surface area contributed by atoms with Crippen LogP contribution in [0.4, 0.5) is 0 Å². The molecule has 3 aliphatic rings. The molecular weight excluding hydrogens is 372 g/mol. The first-order chi connectivity index (χ1) is 14.1. The fourth-order valence-electron chi connectivity index (χ4n) is 4.11. The summed E-state index contributed by atoms with van der Waals surface area (Å²) < 4.78 is 11.3. The minimum absolute atomic E-state index is 0.0675. The Hall–Kier alpha value is -3.35. The number of carbonyl (C=O) groups is 3. The van der Waals surface area contributed by atoms with E-state index in [2.05, 4.69) is 0 Å². The van der Waals surface area contributed by atoms with Gasteiger partial charge in [0.15, 0.2) is 11.5 Å². The highest BCUT2D eigenvalue weighted by molar-refractivity contribution is 6.21. The van der Waals surface area contributed by atoms with Crippen molar-refractivity contribution in [1.82, 2.24) is 9.80 Å². The fraction of sp³-hybridized carbons (Fsp3) is 0.318. The SMILES string of the molecule is O=C(CCN1C(=O)c2ccccc2C1=O)N1CCc2cc3c(cc2C1)OCCO3. The number of hydrogen-bond donors (Lipinski definition) is 0. The summed E-state index contributed by atoms with van der Waals surface area (Å²) in [6, 6.07) is 10.7. The van der Waals surface area contributed by atoms with Crippen molar-refractivity contribution in [2.24, 2.45) is 0 Å². The normalized spacial score (nSPS) is 17.2. The van der Waals surface area contributed by atoms with Gasteiger partial charge in [0.2, 0.25) is 5.91 Å². The molecule has 0 bridgehead atoms. The van der Waals surface area contributed by atoms with E-state index in [1.165, 1.54) is 10.5 Å². The van der Waals surface area contributed by atoms with Gasteiger partial charge in [-0.3, -0.25) is 19.3 Å². The van der Waals surface area contributed by atoms with Crippen LogP contribution in [0.15, 0.2) is 36.4 Å². The van der Waals surface area contributed by atoms with Gasteiger partial charge >= 0.3 is 0 Å². The minimum atomic E-state index is -0.328. The summed E-state index contributed by atoms with van der Waals surface area (Å²) in [5.41, 5.74) is 3.03. The molecule has 148 valence electrons. The Balaban J connectivity index is 1.25. The van der Waals surface area contributed by atoms with Gasteiger partial charge in [0.25, 0.3) is 11.8 Å². The Labute approximate surface area is 167 Å². The summed E-state index contributed by atoms with van der Waals surface area (Å²) in [6.45, 7) is 2.26. The van der Waals surface area contributed by atoms with Crippen LogP contribution in [-0.4, -0.2) is 53.8 Å². The lowest BCUT2D eigenvalue weighted by Gasteiger charge is -2.31. The molecule has 3 amide bonds. The second-order valence-corrected chi connectivity index (χ2v) is 7.39. The fourth-order valence-corrected chi connectivity index (χ4v) is 4.11. The molecule has 0 unspecified atom stereocenters. The maximum Gasteiger partial charge on any atom is 0.261 e. The summed E-state index contributed by atoms with van der Waals surface area (Å²) in [5.74, 6) is 0.759. The van der Waals surface area contributed by atoms with Crippen molar-refractivity contribution < 1.29 is 23.9 Å². The third-order valence-corrected chi connectivity index (χ3v) is 5.66. The summed E-state index contributed by atoms with van der Waals surface area (Å²) >= 11 is 0. The van der Waals surface area contributed by atoms with Crippen molar-refractivity contribution in [3.8, 4) is 11.5 Å². The summed E-state index contributed by atoms with van der Waals surface area (Å²) in [7, 11) is 0. The monoisotopic (exact) mass is 392 g/mol. The van der Waals surface area contributed by atoms with Gasteiger partial charge in [0, 0.05) is 26.1 Å². The van der Waals surface area contributed by atoms with E-state index in [1.54, 1.807) is 29.2 Å². The van der Waals surface area contributed by atoms with E-state index in [9.17, 15) is 14.4 Å². The number of ether oxygens (including phenoxy) is 2. The molecule has 2 aromatic carbocycles. The molecule has 0 aromatic heterocycles. The van der Waals surface area contributed by atoms with Crippen LogP contribution < -0.4 is 9.47 Å². The second-order valence-electron chi connectivity index (χ2n) is 7.39. The average Bonchev–Trinajstić information content (AvgIpc) is 3.00. The van der Waals surface area contributed by atoms with E-state index < -0.39 is 0 Å². The summed E-state index contributed by atoms with van der Waals surface area (Å²) in [5, 5.41) is 0. The van der Waals surface area contributed by atoms with E-state index in [0.29, 0.717) is 37.4 Å². The Morgan fingerprint density at radius 2 is 1.55 bits per heavy atom. The Morgan fingerprint density at radius 3 is 2.21 bits per heavy atom. The maximum atomic E-state index is 12.8. The van der Waals surface area contributed by atoms with Crippen LogP contribution in [0.2, 0.25) is 0 Å². The van der Waals surface area contributed by atoms with Crippen molar-refractivity contribution in [1.29, 1.82) is 0 Å². The predicted molar refractivity (Wildman–Crippen MR) is 103 cm³/mol. The van der Waals surface area contributed by atoms with Gasteiger partial charge in [-0.15, -0.1) is 0 Å². The van der Waals surface area contributed by atoms with Gasteiger partial charge in [0.1, 0.15) is 13.2 Å². The average molecular weight is 392 g/mol. The molecule has 3 heterocycles. The van der Waals surface area contributed by atoms with Gasteiger partial charge in [-0.05, 0) is 41.8 Å². The summed E-state index contributed by atoms with van der Waals surface area (Å²) in [6.07, 6.45) is 0.857. The molecule has 0 saturated carbocycles. The minimum Gasteiger partial charge on any atom is -0.486 e. The van der Waals surface area contributed by atoms with E-state index in [4.69, 9.17) is 9.47 Å². The number of rotatable bonds is 3. The van der Waals surface area contributed by atoms with Crippen molar-refractivity contribution >= 4 is 17.7 Å². The predicted octanol–water partition coefficient (Wildman–Crippen LogP) is 2.03. The molecule has 0 N–H and O–H groups in total. The van der Waals surface area contributed by atoms with Crippen LogP contribution in [0.25, 0.3) is 0 Å². The van der Waals surface area contributed by atoms with Crippen molar-refractivity contribution in [2.75, 3.05) is 26.3 Å². The van der Waals surface area contributed by atoms with E-state index in [1.807, 2.05) is 12.1 Å². The maximum absolute atomic E-state index is 12.8. The number of benzene rings is 2. The van der Waals surface area contributed by atoms with E-state index in [-0.39, 0.29) is 30.7 Å². The number of hydrogen-bond acceptors (Lipinski definition) is 5.